The van der Waals surface area contributed by atoms with Crippen LogP contribution in [0.4, 0.5) is 0 Å². The molecular weight excluding hydrogens is 350 g/mol. The number of hydrogen-bond donors (Lipinski definition) is 0. The minimum atomic E-state index is -0.654. The van der Waals surface area contributed by atoms with Crippen molar-refractivity contribution in [1.29, 1.82) is 0 Å². The summed E-state index contributed by atoms with van der Waals surface area (Å²) in [5, 5.41) is 0. The summed E-state index contributed by atoms with van der Waals surface area (Å²) >= 11 is 0. The quantitative estimate of drug-likeness (QED) is 0.585. The van der Waals surface area contributed by atoms with E-state index in [1.165, 1.54) is 5.56 Å². The van der Waals surface area contributed by atoms with Crippen molar-refractivity contribution < 1.29 is 14.3 Å². The van der Waals surface area contributed by atoms with Crippen molar-refractivity contribution in [1.82, 2.24) is 4.98 Å². The molecule has 1 unspecified atom stereocenters. The second-order valence-corrected chi connectivity index (χ2v) is 7.58. The number of pyridine rings is 1. The molecule has 1 atom stereocenters. The molecule has 2 heterocycles. The van der Waals surface area contributed by atoms with Gasteiger partial charge in [0.15, 0.2) is 0 Å². The van der Waals surface area contributed by atoms with E-state index in [9.17, 15) is 4.79 Å². The van der Waals surface area contributed by atoms with Crippen LogP contribution in [-0.2, 0) is 21.4 Å². The summed E-state index contributed by atoms with van der Waals surface area (Å²) in [7, 11) is 0. The summed E-state index contributed by atoms with van der Waals surface area (Å²) < 4.78 is 11.1. The fraction of sp³-hybridized carbons (Fsp3) is 0.417. The van der Waals surface area contributed by atoms with Crippen LogP contribution in [0.1, 0.15) is 62.3 Å². The molecule has 4 heteroatoms. The molecule has 0 radical (unpaired) electrons. The summed E-state index contributed by atoms with van der Waals surface area (Å²) in [6.07, 6.45) is 5.16. The smallest absolute Gasteiger partial charge is 0.325 e. The predicted molar refractivity (Wildman–Crippen MR) is 109 cm³/mol. The third kappa shape index (κ3) is 4.20. The Balaban J connectivity index is 2.04. The minimum absolute atomic E-state index is 0.0418. The molecule has 0 bridgehead atoms. The van der Waals surface area contributed by atoms with Gasteiger partial charge in [-0.05, 0) is 54.5 Å². The van der Waals surface area contributed by atoms with E-state index >= 15 is 0 Å². The summed E-state index contributed by atoms with van der Waals surface area (Å²) in [4.78, 5) is 16.6. The number of benzene rings is 1. The van der Waals surface area contributed by atoms with Crippen LogP contribution in [-0.4, -0.2) is 24.2 Å². The van der Waals surface area contributed by atoms with Crippen molar-refractivity contribution in [3.8, 4) is 17.6 Å². The van der Waals surface area contributed by atoms with Crippen LogP contribution in [0, 0.1) is 11.8 Å². The maximum absolute atomic E-state index is 12.5. The zero-order chi connectivity index (χ0) is 20.1. The highest BCUT2D eigenvalue weighted by Gasteiger charge is 2.29. The van der Waals surface area contributed by atoms with E-state index in [1.807, 2.05) is 6.07 Å². The second kappa shape index (κ2) is 8.48. The Morgan fingerprint density at radius 3 is 2.86 bits per heavy atom. The standard InChI is InChI=1S/C24H27NO3/c1-5-17-15-22-21(24(3,4)11-13-28-22)14-18(17)9-10-20(23(26)27-6-2)19-8-7-12-25-16-19/h7-8,12,14-16,20H,5-6,11,13H2,1-4H3. The third-order valence-corrected chi connectivity index (χ3v) is 5.19. The SMILES string of the molecule is CCOC(=O)C(C#Cc1cc2c(cc1CC)OCCC2(C)C)c1cccnc1. The number of ether oxygens (including phenoxy) is 2. The molecule has 4 nitrogen and oxygen atoms in total. The van der Waals surface area contributed by atoms with Crippen LogP contribution in [0.2, 0.25) is 0 Å². The number of carbonyl (C=O) groups excluding carboxylic acids is 1. The highest BCUT2D eigenvalue weighted by molar-refractivity contribution is 5.82. The molecule has 0 fully saturated rings. The summed E-state index contributed by atoms with van der Waals surface area (Å²) in [5.41, 5.74) is 4.03. The lowest BCUT2D eigenvalue weighted by Gasteiger charge is -2.33. The molecule has 0 saturated heterocycles. The average molecular weight is 377 g/mol. The molecule has 3 rings (SSSR count). The molecule has 0 amide bonds. The van der Waals surface area contributed by atoms with Crippen LogP contribution < -0.4 is 4.74 Å². The Morgan fingerprint density at radius 1 is 1.36 bits per heavy atom. The molecule has 0 saturated carbocycles. The molecule has 2 aromatic rings. The van der Waals surface area contributed by atoms with Gasteiger partial charge < -0.3 is 9.47 Å². The van der Waals surface area contributed by atoms with E-state index in [0.29, 0.717) is 6.61 Å². The van der Waals surface area contributed by atoms with E-state index in [1.54, 1.807) is 25.4 Å². The van der Waals surface area contributed by atoms with E-state index < -0.39 is 5.92 Å². The van der Waals surface area contributed by atoms with Crippen molar-refractivity contribution in [3.63, 3.8) is 0 Å². The number of fused-ring (bicyclic) bond motifs is 1. The first-order chi connectivity index (χ1) is 13.5. The van der Waals surface area contributed by atoms with Gasteiger partial charge in [0, 0.05) is 23.5 Å². The normalized spacial score (nSPS) is 15.4. The first-order valence-electron chi connectivity index (χ1n) is 9.84. The predicted octanol–water partition coefficient (Wildman–Crippen LogP) is 4.40. The van der Waals surface area contributed by atoms with Crippen LogP contribution in [0.3, 0.4) is 0 Å². The maximum Gasteiger partial charge on any atom is 0.325 e. The topological polar surface area (TPSA) is 48.4 Å². The zero-order valence-electron chi connectivity index (χ0n) is 17.0. The molecule has 1 aromatic carbocycles. The fourth-order valence-corrected chi connectivity index (χ4v) is 3.43. The molecule has 1 aliphatic rings. The van der Waals surface area contributed by atoms with Gasteiger partial charge in [0.1, 0.15) is 11.7 Å². The summed E-state index contributed by atoms with van der Waals surface area (Å²) in [6.45, 7) is 9.42. The van der Waals surface area contributed by atoms with E-state index in [4.69, 9.17) is 9.47 Å². The van der Waals surface area contributed by atoms with Gasteiger partial charge in [-0.15, -0.1) is 0 Å². The van der Waals surface area contributed by atoms with E-state index in [2.05, 4.69) is 49.7 Å². The first-order valence-corrected chi connectivity index (χ1v) is 9.84. The van der Waals surface area contributed by atoms with Crippen molar-refractivity contribution in [2.75, 3.05) is 13.2 Å². The number of aryl methyl sites for hydroxylation is 1. The lowest BCUT2D eigenvalue weighted by molar-refractivity contribution is -0.143. The van der Waals surface area contributed by atoms with Gasteiger partial charge in [-0.3, -0.25) is 9.78 Å². The van der Waals surface area contributed by atoms with Crippen LogP contribution in [0.5, 0.6) is 5.75 Å². The average Bonchev–Trinajstić information content (AvgIpc) is 2.69. The molecular formula is C24H27NO3. The van der Waals surface area contributed by atoms with Crippen molar-refractivity contribution in [3.05, 3.63) is 58.9 Å². The maximum atomic E-state index is 12.5. The van der Waals surface area contributed by atoms with Crippen LogP contribution >= 0.6 is 0 Å². The summed E-state index contributed by atoms with van der Waals surface area (Å²) in [5.74, 6) is 6.35. The van der Waals surface area contributed by atoms with Gasteiger partial charge >= 0.3 is 5.97 Å². The first kappa shape index (κ1) is 19.9. The van der Waals surface area contributed by atoms with Crippen LogP contribution in [0.15, 0.2) is 36.7 Å². The minimum Gasteiger partial charge on any atom is -0.493 e. The van der Waals surface area contributed by atoms with E-state index in [0.717, 1.165) is 41.9 Å². The largest absolute Gasteiger partial charge is 0.493 e. The highest BCUT2D eigenvalue weighted by Crippen LogP contribution is 2.39. The number of rotatable bonds is 4. The molecule has 0 N–H and O–H groups in total. The second-order valence-electron chi connectivity index (χ2n) is 7.58. The number of hydrogen-bond acceptors (Lipinski definition) is 4. The lowest BCUT2D eigenvalue weighted by Crippen LogP contribution is -2.27. The van der Waals surface area contributed by atoms with Gasteiger partial charge in [-0.2, -0.15) is 0 Å². The Bertz CT molecular complexity index is 907. The van der Waals surface area contributed by atoms with Crippen molar-refractivity contribution in [2.24, 2.45) is 0 Å². The molecule has 28 heavy (non-hydrogen) atoms. The molecule has 0 spiro atoms. The Kier molecular flexibility index (Phi) is 6.04. The molecule has 1 aromatic heterocycles. The Morgan fingerprint density at radius 2 is 2.18 bits per heavy atom. The Hall–Kier alpha value is -2.80. The molecule has 146 valence electrons. The zero-order valence-corrected chi connectivity index (χ0v) is 17.0. The molecule has 1 aliphatic heterocycles. The number of nitrogens with zero attached hydrogens (tertiary/aromatic N) is 1. The monoisotopic (exact) mass is 377 g/mol. The number of esters is 1. The van der Waals surface area contributed by atoms with Crippen LogP contribution in [0.25, 0.3) is 0 Å². The third-order valence-electron chi connectivity index (χ3n) is 5.19. The van der Waals surface area contributed by atoms with Gasteiger partial charge in [0.25, 0.3) is 0 Å². The summed E-state index contributed by atoms with van der Waals surface area (Å²) in [6, 6.07) is 7.89. The Labute approximate surface area is 167 Å². The molecule has 0 aliphatic carbocycles. The van der Waals surface area contributed by atoms with Crippen molar-refractivity contribution in [2.45, 2.75) is 51.9 Å². The van der Waals surface area contributed by atoms with Crippen molar-refractivity contribution >= 4 is 5.97 Å². The van der Waals surface area contributed by atoms with Gasteiger partial charge in [-0.25, -0.2) is 0 Å². The van der Waals surface area contributed by atoms with Gasteiger partial charge in [0.05, 0.1) is 13.2 Å². The number of aromatic nitrogens is 1. The van der Waals surface area contributed by atoms with E-state index in [-0.39, 0.29) is 11.4 Å². The number of carbonyl (C=O) groups is 1. The van der Waals surface area contributed by atoms with Gasteiger partial charge in [0.2, 0.25) is 0 Å². The fourth-order valence-electron chi connectivity index (χ4n) is 3.43. The lowest BCUT2D eigenvalue weighted by atomic mass is 9.78. The highest BCUT2D eigenvalue weighted by atomic mass is 16.5. The van der Waals surface area contributed by atoms with Gasteiger partial charge in [-0.1, -0.05) is 38.7 Å².